The molecule has 1 saturated carbocycles. The topological polar surface area (TPSA) is 89.5 Å². The van der Waals surface area contributed by atoms with Gasteiger partial charge in [-0.2, -0.15) is 8.42 Å². The summed E-state index contributed by atoms with van der Waals surface area (Å²) in [6.45, 7) is 8.15. The van der Waals surface area contributed by atoms with Crippen LogP contribution < -0.4 is 0 Å². The summed E-state index contributed by atoms with van der Waals surface area (Å²) in [6, 6.07) is 6.56. The molecule has 1 aliphatic carbocycles. The smallest absolute Gasteiger partial charge is 0.297 e. The number of fused-ring (bicyclic) bond motifs is 2. The molecule has 9 heteroatoms. The van der Waals surface area contributed by atoms with E-state index >= 15 is 0 Å². The molecule has 5 fully saturated rings. The summed E-state index contributed by atoms with van der Waals surface area (Å²) in [7, 11) is -3.84. The van der Waals surface area contributed by atoms with Crippen LogP contribution in [-0.4, -0.2) is 45.6 Å². The van der Waals surface area contributed by atoms with Crippen LogP contribution in [0, 0.1) is 30.6 Å². The van der Waals surface area contributed by atoms with Crippen LogP contribution in [0.15, 0.2) is 29.2 Å². The Labute approximate surface area is 195 Å². The van der Waals surface area contributed by atoms with Crippen molar-refractivity contribution in [2.24, 2.45) is 23.7 Å². The van der Waals surface area contributed by atoms with Crippen molar-refractivity contribution in [2.75, 3.05) is 13.2 Å². The first-order valence-corrected chi connectivity index (χ1v) is 13.3. The van der Waals surface area contributed by atoms with Gasteiger partial charge in [0.15, 0.2) is 18.2 Å². The molecule has 0 radical (unpaired) electrons. The van der Waals surface area contributed by atoms with Crippen LogP contribution >= 0.6 is 0 Å². The third-order valence-corrected chi connectivity index (χ3v) is 9.34. The zero-order valence-electron chi connectivity index (χ0n) is 19.7. The number of ether oxygens (including phenoxy) is 3. The molecule has 2 bridgehead atoms. The highest BCUT2D eigenvalue weighted by Gasteiger charge is 2.69. The highest BCUT2D eigenvalue weighted by atomic mass is 32.2. The van der Waals surface area contributed by atoms with Crippen molar-refractivity contribution in [3.63, 3.8) is 0 Å². The van der Waals surface area contributed by atoms with Gasteiger partial charge in [0.05, 0.1) is 18.1 Å². The lowest BCUT2D eigenvalue weighted by Crippen LogP contribution is -2.70. The average Bonchev–Trinajstić information content (AvgIpc) is 3.01. The van der Waals surface area contributed by atoms with Crippen molar-refractivity contribution in [3.05, 3.63) is 29.8 Å². The van der Waals surface area contributed by atoms with Crippen molar-refractivity contribution < 1.29 is 36.6 Å². The predicted octanol–water partition coefficient (Wildman–Crippen LogP) is 3.92. The second-order valence-electron chi connectivity index (χ2n) is 10.2. The quantitative estimate of drug-likeness (QED) is 0.342. The van der Waals surface area contributed by atoms with E-state index in [4.69, 9.17) is 28.2 Å². The molecular formula is C24H34O8S. The van der Waals surface area contributed by atoms with Crippen LogP contribution in [0.4, 0.5) is 0 Å². The maximum atomic E-state index is 12.4. The largest absolute Gasteiger partial charge is 0.350 e. The Hall–Kier alpha value is -1.07. The van der Waals surface area contributed by atoms with E-state index in [1.807, 2.05) is 13.8 Å². The monoisotopic (exact) mass is 482 g/mol. The maximum absolute atomic E-state index is 12.4. The van der Waals surface area contributed by atoms with E-state index in [1.54, 1.807) is 24.3 Å². The van der Waals surface area contributed by atoms with E-state index < -0.39 is 34.1 Å². The Morgan fingerprint density at radius 1 is 1.03 bits per heavy atom. The zero-order chi connectivity index (χ0) is 23.4. The molecule has 184 valence electrons. The molecular weight excluding hydrogens is 448 g/mol. The minimum Gasteiger partial charge on any atom is -0.350 e. The van der Waals surface area contributed by atoms with Gasteiger partial charge in [-0.1, -0.05) is 31.5 Å². The molecule has 4 heterocycles. The normalized spacial score (nSPS) is 42.5. The standard InChI is InChI=1S/C24H34O8S/c1-15-5-8-18(9-6-15)33(25,26)28-14-13-27-21-17(3)20-10-7-16(2)19-11-12-23(4)30-22(29-21)24(19,20)32-31-23/h5-6,8-9,16-17,19-22H,7,10-14H2,1-4H3/t16-,17-,19?,20?,21+,22-,23-,24-/m1/s1. The van der Waals surface area contributed by atoms with Gasteiger partial charge in [0.1, 0.15) is 0 Å². The van der Waals surface area contributed by atoms with Crippen LogP contribution in [0.2, 0.25) is 0 Å². The van der Waals surface area contributed by atoms with Crippen molar-refractivity contribution in [1.82, 2.24) is 0 Å². The summed E-state index contributed by atoms with van der Waals surface area (Å²) < 4.78 is 48.7. The van der Waals surface area contributed by atoms with E-state index in [1.165, 1.54) is 0 Å². The lowest BCUT2D eigenvalue weighted by molar-refractivity contribution is -0.577. The van der Waals surface area contributed by atoms with Gasteiger partial charge in [-0.3, -0.25) is 4.18 Å². The van der Waals surface area contributed by atoms with Crippen molar-refractivity contribution in [3.8, 4) is 0 Å². The Balaban J connectivity index is 1.25. The van der Waals surface area contributed by atoms with Crippen LogP contribution in [0.1, 0.15) is 52.0 Å². The average molecular weight is 483 g/mol. The third kappa shape index (κ3) is 4.05. The van der Waals surface area contributed by atoms with Crippen molar-refractivity contribution in [2.45, 2.75) is 82.2 Å². The first kappa shape index (κ1) is 23.7. The molecule has 6 rings (SSSR count). The minimum atomic E-state index is -3.84. The molecule has 8 atom stereocenters. The Morgan fingerprint density at radius 2 is 1.79 bits per heavy atom. The molecule has 1 aromatic carbocycles. The molecule has 2 unspecified atom stereocenters. The molecule has 33 heavy (non-hydrogen) atoms. The molecule has 0 amide bonds. The summed E-state index contributed by atoms with van der Waals surface area (Å²) in [5.74, 6) is 0.123. The van der Waals surface area contributed by atoms with Gasteiger partial charge in [0.2, 0.25) is 5.79 Å². The molecule has 4 saturated heterocycles. The highest BCUT2D eigenvalue weighted by molar-refractivity contribution is 7.86. The first-order valence-electron chi connectivity index (χ1n) is 11.9. The summed E-state index contributed by atoms with van der Waals surface area (Å²) >= 11 is 0. The number of benzene rings is 1. The summed E-state index contributed by atoms with van der Waals surface area (Å²) in [6.07, 6.45) is 2.67. The number of hydrogen-bond acceptors (Lipinski definition) is 8. The van der Waals surface area contributed by atoms with Crippen molar-refractivity contribution >= 4 is 10.1 Å². The molecule has 1 aromatic rings. The minimum absolute atomic E-state index is 0.0274. The number of hydrogen-bond donors (Lipinski definition) is 0. The van der Waals surface area contributed by atoms with Crippen molar-refractivity contribution in [1.29, 1.82) is 0 Å². The second kappa shape index (κ2) is 8.55. The predicted molar refractivity (Wildman–Crippen MR) is 117 cm³/mol. The number of rotatable bonds is 6. The van der Waals surface area contributed by atoms with Crippen LogP contribution in [-0.2, 0) is 38.3 Å². The van der Waals surface area contributed by atoms with Gasteiger partial charge in [0, 0.05) is 18.3 Å². The van der Waals surface area contributed by atoms with E-state index in [-0.39, 0.29) is 35.9 Å². The first-order chi connectivity index (χ1) is 15.6. The highest BCUT2D eigenvalue weighted by Crippen LogP contribution is 2.60. The van der Waals surface area contributed by atoms with E-state index in [2.05, 4.69) is 13.8 Å². The second-order valence-corrected chi connectivity index (χ2v) is 11.8. The SMILES string of the molecule is Cc1ccc(S(=O)(=O)OCCO[C@H]2O[C@@H]3O[C@@]4(C)CCC5[C@H](C)CCC([C@H]2C)[C@]53OO4)cc1. The Kier molecular flexibility index (Phi) is 6.13. The van der Waals surface area contributed by atoms with Crippen LogP contribution in [0.3, 0.4) is 0 Å². The Bertz CT molecular complexity index is 965. The lowest BCUT2D eigenvalue weighted by Gasteiger charge is -2.60. The molecule has 0 aromatic heterocycles. The molecule has 1 spiro atoms. The summed E-state index contributed by atoms with van der Waals surface area (Å²) in [4.78, 5) is 12.1. The van der Waals surface area contributed by atoms with Gasteiger partial charge >= 0.3 is 0 Å². The van der Waals surface area contributed by atoms with E-state index in [0.717, 1.165) is 31.2 Å². The molecule has 4 aliphatic heterocycles. The van der Waals surface area contributed by atoms with Gasteiger partial charge in [0.25, 0.3) is 10.1 Å². The van der Waals surface area contributed by atoms with Gasteiger partial charge in [-0.15, -0.1) is 0 Å². The summed E-state index contributed by atoms with van der Waals surface area (Å²) in [5.41, 5.74) is 0.341. The lowest BCUT2D eigenvalue weighted by atomic mass is 9.58. The molecule has 0 N–H and O–H groups in total. The van der Waals surface area contributed by atoms with E-state index in [0.29, 0.717) is 5.92 Å². The fourth-order valence-corrected chi connectivity index (χ4v) is 7.04. The fraction of sp³-hybridized carbons (Fsp3) is 0.750. The van der Waals surface area contributed by atoms with Gasteiger partial charge in [-0.25, -0.2) is 9.78 Å². The van der Waals surface area contributed by atoms with Crippen LogP contribution in [0.25, 0.3) is 0 Å². The zero-order valence-corrected chi connectivity index (χ0v) is 20.5. The Morgan fingerprint density at radius 3 is 2.55 bits per heavy atom. The number of aryl methyl sites for hydroxylation is 1. The maximum Gasteiger partial charge on any atom is 0.297 e. The fourth-order valence-electron chi connectivity index (χ4n) is 6.14. The third-order valence-electron chi connectivity index (χ3n) is 8.01. The molecule has 5 aliphatic rings. The van der Waals surface area contributed by atoms with Gasteiger partial charge < -0.3 is 14.2 Å². The van der Waals surface area contributed by atoms with Gasteiger partial charge in [-0.05, 0) is 57.1 Å². The molecule has 8 nitrogen and oxygen atoms in total. The summed E-state index contributed by atoms with van der Waals surface area (Å²) in [5, 5.41) is 0. The van der Waals surface area contributed by atoms with E-state index in [9.17, 15) is 8.42 Å². The van der Waals surface area contributed by atoms with Crippen LogP contribution in [0.5, 0.6) is 0 Å².